The summed E-state index contributed by atoms with van der Waals surface area (Å²) in [6.07, 6.45) is 0.719. The summed E-state index contributed by atoms with van der Waals surface area (Å²) in [5.74, 6) is -0.0149. The Balaban J connectivity index is 1.53. The molecule has 0 radical (unpaired) electrons. The van der Waals surface area contributed by atoms with Gasteiger partial charge in [-0.05, 0) is 18.2 Å². The SMILES string of the molecule is O=C(NCCc1nc2cc(Cl)ccc2s1)C1COCCN1. The molecule has 1 unspecified atom stereocenters. The molecule has 0 spiro atoms. The molecular weight excluding hydrogens is 310 g/mol. The molecule has 112 valence electrons. The summed E-state index contributed by atoms with van der Waals surface area (Å²) in [7, 11) is 0. The van der Waals surface area contributed by atoms with Gasteiger partial charge in [-0.3, -0.25) is 4.79 Å². The summed E-state index contributed by atoms with van der Waals surface area (Å²) in [6.45, 7) is 2.39. The number of carbonyl (C=O) groups is 1. The highest BCUT2D eigenvalue weighted by Gasteiger charge is 2.20. The van der Waals surface area contributed by atoms with E-state index in [1.54, 1.807) is 11.3 Å². The quantitative estimate of drug-likeness (QED) is 0.896. The number of hydrogen-bond donors (Lipinski definition) is 2. The summed E-state index contributed by atoms with van der Waals surface area (Å²) in [5.41, 5.74) is 0.913. The van der Waals surface area contributed by atoms with Crippen LogP contribution >= 0.6 is 22.9 Å². The Morgan fingerprint density at radius 1 is 1.57 bits per heavy atom. The molecule has 2 aromatic rings. The second-order valence-corrected chi connectivity index (χ2v) is 6.39. The number of thiazole rings is 1. The van der Waals surface area contributed by atoms with Crippen LogP contribution < -0.4 is 10.6 Å². The van der Waals surface area contributed by atoms with Crippen molar-refractivity contribution in [1.29, 1.82) is 0 Å². The van der Waals surface area contributed by atoms with Gasteiger partial charge in [0.25, 0.3) is 0 Å². The molecule has 0 aliphatic carbocycles. The Morgan fingerprint density at radius 3 is 3.29 bits per heavy atom. The molecule has 0 saturated carbocycles. The predicted octanol–water partition coefficient (Wildman–Crippen LogP) is 1.60. The lowest BCUT2D eigenvalue weighted by molar-refractivity contribution is -0.125. The molecular formula is C14H16ClN3O2S. The molecule has 1 amide bonds. The van der Waals surface area contributed by atoms with E-state index in [1.807, 2.05) is 18.2 Å². The fraction of sp³-hybridized carbons (Fsp3) is 0.429. The fourth-order valence-corrected chi connectivity index (χ4v) is 3.32. The van der Waals surface area contributed by atoms with Crippen LogP contribution in [0.15, 0.2) is 18.2 Å². The number of aromatic nitrogens is 1. The van der Waals surface area contributed by atoms with Gasteiger partial charge in [0.05, 0.1) is 28.4 Å². The maximum atomic E-state index is 11.9. The van der Waals surface area contributed by atoms with Crippen molar-refractivity contribution in [3.8, 4) is 0 Å². The molecule has 7 heteroatoms. The highest BCUT2D eigenvalue weighted by molar-refractivity contribution is 7.18. The van der Waals surface area contributed by atoms with Crippen molar-refractivity contribution in [2.45, 2.75) is 12.5 Å². The van der Waals surface area contributed by atoms with Crippen LogP contribution in [0.5, 0.6) is 0 Å². The molecule has 2 N–H and O–H groups in total. The molecule has 1 fully saturated rings. The second-order valence-electron chi connectivity index (χ2n) is 4.84. The average Bonchev–Trinajstić information content (AvgIpc) is 2.89. The number of fused-ring (bicyclic) bond motifs is 1. The summed E-state index contributed by atoms with van der Waals surface area (Å²) in [5, 5.41) is 7.74. The smallest absolute Gasteiger partial charge is 0.239 e. The van der Waals surface area contributed by atoms with Crippen molar-refractivity contribution in [2.24, 2.45) is 0 Å². The fourth-order valence-electron chi connectivity index (χ4n) is 2.20. The summed E-state index contributed by atoms with van der Waals surface area (Å²) in [4.78, 5) is 16.4. The first-order chi connectivity index (χ1) is 10.2. The molecule has 3 rings (SSSR count). The van der Waals surface area contributed by atoms with Gasteiger partial charge < -0.3 is 15.4 Å². The van der Waals surface area contributed by atoms with Gasteiger partial charge in [-0.1, -0.05) is 11.6 Å². The van der Waals surface area contributed by atoms with Crippen LogP contribution in [0, 0.1) is 0 Å². The first-order valence-electron chi connectivity index (χ1n) is 6.86. The van der Waals surface area contributed by atoms with Gasteiger partial charge in [-0.15, -0.1) is 11.3 Å². The normalized spacial score (nSPS) is 18.8. The Kier molecular flexibility index (Phi) is 4.70. The molecule has 5 nitrogen and oxygen atoms in total. The number of ether oxygens (including phenoxy) is 1. The molecule has 1 aliphatic rings. The molecule has 1 aliphatic heterocycles. The van der Waals surface area contributed by atoms with E-state index in [0.717, 1.165) is 28.2 Å². The third-order valence-corrected chi connectivity index (χ3v) is 4.60. The molecule has 21 heavy (non-hydrogen) atoms. The molecule has 1 saturated heterocycles. The van der Waals surface area contributed by atoms with Gasteiger partial charge in [-0.25, -0.2) is 4.98 Å². The van der Waals surface area contributed by atoms with Crippen LogP contribution in [0.2, 0.25) is 5.02 Å². The maximum Gasteiger partial charge on any atom is 0.239 e. The van der Waals surface area contributed by atoms with Crippen LogP contribution in [0.4, 0.5) is 0 Å². The monoisotopic (exact) mass is 325 g/mol. The van der Waals surface area contributed by atoms with E-state index >= 15 is 0 Å². The van der Waals surface area contributed by atoms with Crippen molar-refractivity contribution in [3.05, 3.63) is 28.2 Å². The lowest BCUT2D eigenvalue weighted by Crippen LogP contribution is -2.51. The number of carbonyl (C=O) groups excluding carboxylic acids is 1. The summed E-state index contributed by atoms with van der Waals surface area (Å²) >= 11 is 7.58. The number of halogens is 1. The number of hydrogen-bond acceptors (Lipinski definition) is 5. The maximum absolute atomic E-state index is 11.9. The number of nitrogens with zero attached hydrogens (tertiary/aromatic N) is 1. The van der Waals surface area contributed by atoms with Crippen molar-refractivity contribution < 1.29 is 9.53 Å². The summed E-state index contributed by atoms with van der Waals surface area (Å²) < 4.78 is 6.39. The molecule has 1 aromatic heterocycles. The van der Waals surface area contributed by atoms with E-state index in [9.17, 15) is 4.79 Å². The lowest BCUT2D eigenvalue weighted by Gasteiger charge is -2.22. The lowest BCUT2D eigenvalue weighted by atomic mass is 10.2. The Morgan fingerprint density at radius 2 is 2.48 bits per heavy atom. The molecule has 0 bridgehead atoms. The Hall–Kier alpha value is -1.21. The van der Waals surface area contributed by atoms with Crippen LogP contribution in [0.3, 0.4) is 0 Å². The zero-order chi connectivity index (χ0) is 14.7. The Bertz CT molecular complexity index is 640. The number of rotatable bonds is 4. The van der Waals surface area contributed by atoms with Crippen molar-refractivity contribution >= 4 is 39.1 Å². The first kappa shape index (κ1) is 14.7. The molecule has 1 atom stereocenters. The summed E-state index contributed by atoms with van der Waals surface area (Å²) in [6, 6.07) is 5.45. The van der Waals surface area contributed by atoms with Crippen LogP contribution in [0.25, 0.3) is 10.2 Å². The van der Waals surface area contributed by atoms with Gasteiger partial charge in [0.1, 0.15) is 6.04 Å². The minimum absolute atomic E-state index is 0.0149. The number of benzene rings is 1. The number of nitrogens with one attached hydrogen (secondary N) is 2. The minimum Gasteiger partial charge on any atom is -0.378 e. The Labute approximate surface area is 131 Å². The van der Waals surface area contributed by atoms with Crippen LogP contribution in [0.1, 0.15) is 5.01 Å². The topological polar surface area (TPSA) is 63.2 Å². The van der Waals surface area contributed by atoms with Crippen LogP contribution in [-0.4, -0.2) is 43.2 Å². The van der Waals surface area contributed by atoms with E-state index in [0.29, 0.717) is 24.8 Å². The van der Waals surface area contributed by atoms with Gasteiger partial charge in [0, 0.05) is 24.5 Å². The van der Waals surface area contributed by atoms with E-state index in [4.69, 9.17) is 16.3 Å². The van der Waals surface area contributed by atoms with Crippen molar-refractivity contribution in [1.82, 2.24) is 15.6 Å². The largest absolute Gasteiger partial charge is 0.378 e. The minimum atomic E-state index is -0.243. The van der Waals surface area contributed by atoms with E-state index in [1.165, 1.54) is 0 Å². The van der Waals surface area contributed by atoms with E-state index in [-0.39, 0.29) is 11.9 Å². The molecule has 1 aromatic carbocycles. The van der Waals surface area contributed by atoms with Crippen LogP contribution in [-0.2, 0) is 16.0 Å². The number of amides is 1. The average molecular weight is 326 g/mol. The van der Waals surface area contributed by atoms with E-state index < -0.39 is 0 Å². The highest BCUT2D eigenvalue weighted by atomic mass is 35.5. The van der Waals surface area contributed by atoms with Gasteiger partial charge >= 0.3 is 0 Å². The predicted molar refractivity (Wildman–Crippen MR) is 84.0 cm³/mol. The third-order valence-electron chi connectivity index (χ3n) is 3.27. The number of morpholine rings is 1. The standard InChI is InChI=1S/C14H16ClN3O2S/c15-9-1-2-12-10(7-9)18-13(21-12)3-4-17-14(19)11-8-20-6-5-16-11/h1-2,7,11,16H,3-6,8H2,(H,17,19). The van der Waals surface area contributed by atoms with Crippen molar-refractivity contribution in [3.63, 3.8) is 0 Å². The highest BCUT2D eigenvalue weighted by Crippen LogP contribution is 2.24. The first-order valence-corrected chi connectivity index (χ1v) is 8.05. The zero-order valence-corrected chi connectivity index (χ0v) is 13.0. The van der Waals surface area contributed by atoms with E-state index in [2.05, 4.69) is 15.6 Å². The van der Waals surface area contributed by atoms with Gasteiger partial charge in [0.15, 0.2) is 0 Å². The zero-order valence-electron chi connectivity index (χ0n) is 11.4. The third kappa shape index (κ3) is 3.71. The van der Waals surface area contributed by atoms with Gasteiger partial charge in [0.2, 0.25) is 5.91 Å². The van der Waals surface area contributed by atoms with Crippen molar-refractivity contribution in [2.75, 3.05) is 26.3 Å². The van der Waals surface area contributed by atoms with Gasteiger partial charge in [-0.2, -0.15) is 0 Å². The second kappa shape index (κ2) is 6.70. The molecule has 2 heterocycles.